The quantitative estimate of drug-likeness (QED) is 0.350. The lowest BCUT2D eigenvalue weighted by Crippen LogP contribution is -2.52. The van der Waals surface area contributed by atoms with E-state index in [1.54, 1.807) is 44.1 Å². The Kier molecular flexibility index (Phi) is 12.0. The van der Waals surface area contributed by atoms with Crippen LogP contribution in [0.15, 0.2) is 35.1 Å². The van der Waals surface area contributed by atoms with Crippen molar-refractivity contribution in [3.05, 3.63) is 56.4 Å². The van der Waals surface area contributed by atoms with E-state index in [4.69, 9.17) is 33.7 Å². The zero-order valence-corrected chi connectivity index (χ0v) is 25.0. The molecule has 0 aliphatic rings. The van der Waals surface area contributed by atoms with Gasteiger partial charge in [0.1, 0.15) is 17.3 Å². The van der Waals surface area contributed by atoms with E-state index in [1.165, 1.54) is 11.9 Å². The van der Waals surface area contributed by atoms with Crippen LogP contribution in [-0.4, -0.2) is 59.2 Å². The van der Waals surface area contributed by atoms with Crippen LogP contribution in [0.1, 0.15) is 18.2 Å². The first-order valence-corrected chi connectivity index (χ1v) is 12.0. The number of aryl methyl sites for hydroxylation is 1. The Morgan fingerprint density at radius 1 is 1.19 bits per heavy atom. The van der Waals surface area contributed by atoms with Crippen molar-refractivity contribution in [3.8, 4) is 5.75 Å². The van der Waals surface area contributed by atoms with Gasteiger partial charge in [-0.3, -0.25) is 18.9 Å². The van der Waals surface area contributed by atoms with E-state index in [0.29, 0.717) is 27.7 Å². The molecule has 13 heteroatoms. The summed E-state index contributed by atoms with van der Waals surface area (Å²) in [5.41, 5.74) is 8.31. The molecule has 3 rings (SSSR count). The number of anilines is 1. The van der Waals surface area contributed by atoms with Gasteiger partial charge in [-0.15, -0.1) is 24.8 Å². The number of nitrogens with two attached hydrogens (primary N) is 1. The number of amides is 1. The molecule has 2 aromatic heterocycles. The number of carbonyl (C=O) groups excluding carboxylic acids is 2. The van der Waals surface area contributed by atoms with Crippen LogP contribution in [0.25, 0.3) is 5.65 Å². The highest BCUT2D eigenvalue weighted by Crippen LogP contribution is 2.35. The molecule has 0 aliphatic heterocycles. The Balaban J connectivity index is 0.00000324. The molecule has 8 nitrogen and oxygen atoms in total. The molecule has 2 N–H and O–H groups in total. The summed E-state index contributed by atoms with van der Waals surface area (Å²) in [5.74, 6) is -0.412. The minimum atomic E-state index is -1.33. The maximum Gasteiger partial charge on any atom is 0.251 e. The third kappa shape index (κ3) is 6.45. The van der Waals surface area contributed by atoms with Crippen LogP contribution in [0.5, 0.6) is 5.75 Å². The van der Waals surface area contributed by atoms with Gasteiger partial charge in [0.05, 0.1) is 22.4 Å². The topological polar surface area (TPSA) is 93.2 Å². The summed E-state index contributed by atoms with van der Waals surface area (Å²) in [4.78, 5) is 33.0. The average molecular weight is 644 g/mol. The van der Waals surface area contributed by atoms with Gasteiger partial charge in [0, 0.05) is 23.8 Å². The van der Waals surface area contributed by atoms with E-state index in [0.717, 1.165) is 10.3 Å². The number of fused-ring (bicyclic) bond motifs is 1. The summed E-state index contributed by atoms with van der Waals surface area (Å²) in [7, 11) is 5.01. The Bertz CT molecular complexity index is 1250. The van der Waals surface area contributed by atoms with Crippen LogP contribution >= 0.6 is 63.9 Å². The Morgan fingerprint density at radius 2 is 1.83 bits per heavy atom. The zero-order chi connectivity index (χ0) is 25.3. The predicted octanol–water partition coefficient (Wildman–Crippen LogP) is 4.94. The smallest absolute Gasteiger partial charge is 0.251 e. The number of pyridine rings is 1. The van der Waals surface area contributed by atoms with E-state index >= 15 is 0 Å². The highest BCUT2D eigenvalue weighted by Gasteiger charge is 2.31. The SMILES string of the molecule is Cc1nc2c(OCc3c(Cl)ccc(N(C)C(=O)C(N)C(=O)[C@H](C)N(C)C)c3Cl)cccn2c1Br.Cl.Cl. The van der Waals surface area contributed by atoms with Gasteiger partial charge >= 0.3 is 0 Å². The van der Waals surface area contributed by atoms with Crippen LogP contribution in [0.2, 0.25) is 10.0 Å². The van der Waals surface area contributed by atoms with Crippen LogP contribution in [0.4, 0.5) is 5.69 Å². The van der Waals surface area contributed by atoms with Gasteiger partial charge in [0.25, 0.3) is 5.91 Å². The van der Waals surface area contributed by atoms with Crippen LogP contribution in [0.3, 0.4) is 0 Å². The molecule has 0 bridgehead atoms. The minimum Gasteiger partial charge on any atom is -0.485 e. The minimum absolute atomic E-state index is 0. The first kappa shape index (κ1) is 32.4. The second-order valence-electron chi connectivity index (χ2n) is 8.12. The Morgan fingerprint density at radius 3 is 2.44 bits per heavy atom. The number of ether oxygens (including phenoxy) is 1. The summed E-state index contributed by atoms with van der Waals surface area (Å²) in [6.07, 6.45) is 1.87. The van der Waals surface area contributed by atoms with Crippen molar-refractivity contribution in [1.82, 2.24) is 14.3 Å². The summed E-state index contributed by atoms with van der Waals surface area (Å²) in [5, 5.41) is 0.611. The molecule has 0 aliphatic carbocycles. The highest BCUT2D eigenvalue weighted by atomic mass is 79.9. The lowest BCUT2D eigenvalue weighted by atomic mass is 10.0. The molecule has 1 amide bonds. The lowest BCUT2D eigenvalue weighted by molar-refractivity contribution is -0.130. The molecular weight excluding hydrogens is 616 g/mol. The third-order valence-electron chi connectivity index (χ3n) is 5.70. The summed E-state index contributed by atoms with van der Waals surface area (Å²) in [6.45, 7) is 3.62. The maximum absolute atomic E-state index is 12.9. The fourth-order valence-electron chi connectivity index (χ4n) is 3.33. The third-order valence-corrected chi connectivity index (χ3v) is 7.44. The highest BCUT2D eigenvalue weighted by molar-refractivity contribution is 9.10. The molecule has 0 radical (unpaired) electrons. The first-order chi connectivity index (χ1) is 16.0. The molecular formula is C23H28BrCl4N5O3. The van der Waals surface area contributed by atoms with Crippen molar-refractivity contribution in [2.24, 2.45) is 5.73 Å². The number of hydrogen-bond acceptors (Lipinski definition) is 6. The number of ketones is 1. The predicted molar refractivity (Wildman–Crippen MR) is 152 cm³/mol. The van der Waals surface area contributed by atoms with E-state index in [-0.39, 0.29) is 42.2 Å². The zero-order valence-electron chi connectivity index (χ0n) is 20.3. The number of benzene rings is 1. The molecule has 3 aromatic rings. The molecule has 0 fully saturated rings. The standard InChI is InChI=1S/C23H26BrCl2N5O3.2ClH/c1-12-21(24)31-10-6-7-17(22(31)28-12)34-11-14-15(25)8-9-16(18(14)26)30(5)23(33)19(27)20(32)13(2)29(3)4;;/h6-10,13,19H,11,27H2,1-5H3;2*1H/t13-,19?;;/m0../s1. The van der Waals surface area contributed by atoms with Crippen molar-refractivity contribution in [2.75, 3.05) is 26.0 Å². The van der Waals surface area contributed by atoms with Crippen molar-refractivity contribution < 1.29 is 14.3 Å². The summed E-state index contributed by atoms with van der Waals surface area (Å²) >= 11 is 16.6. The fourth-order valence-corrected chi connectivity index (χ4v) is 4.31. The number of likely N-dealkylation sites (N-methyl/N-ethyl adjacent to an activating group) is 2. The van der Waals surface area contributed by atoms with Gasteiger partial charge in [-0.1, -0.05) is 23.2 Å². The number of Topliss-reactive ketones (excluding diaryl/α,β-unsaturated/α-hetero) is 1. The molecule has 36 heavy (non-hydrogen) atoms. The van der Waals surface area contributed by atoms with E-state index in [9.17, 15) is 9.59 Å². The molecule has 0 spiro atoms. The maximum atomic E-state index is 12.9. The monoisotopic (exact) mass is 641 g/mol. The first-order valence-electron chi connectivity index (χ1n) is 10.4. The molecule has 1 aromatic carbocycles. The van der Waals surface area contributed by atoms with Crippen molar-refractivity contribution in [3.63, 3.8) is 0 Å². The van der Waals surface area contributed by atoms with Gasteiger partial charge in [-0.2, -0.15) is 0 Å². The number of halogens is 5. The van der Waals surface area contributed by atoms with Gasteiger partial charge < -0.3 is 15.4 Å². The molecule has 0 saturated carbocycles. The number of hydrogen-bond donors (Lipinski definition) is 1. The summed E-state index contributed by atoms with van der Waals surface area (Å²) < 4.78 is 8.71. The van der Waals surface area contributed by atoms with Crippen molar-refractivity contribution >= 4 is 87.0 Å². The number of imidazole rings is 1. The van der Waals surface area contributed by atoms with Gasteiger partial charge in [-0.25, -0.2) is 4.98 Å². The molecule has 198 valence electrons. The average Bonchev–Trinajstić information content (AvgIpc) is 3.10. The largest absolute Gasteiger partial charge is 0.485 e. The van der Waals surface area contributed by atoms with Crippen LogP contribution < -0.4 is 15.4 Å². The summed E-state index contributed by atoms with van der Waals surface area (Å²) in [6, 6.07) is 5.03. The fraction of sp³-hybridized carbons (Fsp3) is 0.348. The normalized spacial score (nSPS) is 12.5. The van der Waals surface area contributed by atoms with Gasteiger partial charge in [0.2, 0.25) is 0 Å². The van der Waals surface area contributed by atoms with Crippen molar-refractivity contribution in [1.29, 1.82) is 0 Å². The Hall–Kier alpha value is -1.59. The second kappa shape index (κ2) is 13.3. The number of aromatic nitrogens is 2. The Labute approximate surface area is 241 Å². The number of carbonyl (C=O) groups is 2. The number of rotatable bonds is 8. The van der Waals surface area contributed by atoms with E-state index in [1.807, 2.05) is 23.6 Å². The van der Waals surface area contributed by atoms with E-state index in [2.05, 4.69) is 20.9 Å². The molecule has 2 heterocycles. The van der Waals surface area contributed by atoms with Crippen molar-refractivity contribution in [2.45, 2.75) is 32.5 Å². The van der Waals surface area contributed by atoms with Gasteiger partial charge in [0.15, 0.2) is 17.2 Å². The second-order valence-corrected chi connectivity index (χ2v) is 9.65. The molecule has 2 atom stereocenters. The van der Waals surface area contributed by atoms with Crippen LogP contribution in [0, 0.1) is 6.92 Å². The van der Waals surface area contributed by atoms with E-state index < -0.39 is 18.0 Å². The molecule has 1 unspecified atom stereocenters. The molecule has 0 saturated heterocycles. The van der Waals surface area contributed by atoms with Gasteiger partial charge in [-0.05, 0) is 68.1 Å². The lowest BCUT2D eigenvalue weighted by Gasteiger charge is -2.26. The number of nitrogens with zero attached hydrogens (tertiary/aromatic N) is 4. The van der Waals surface area contributed by atoms with Crippen LogP contribution in [-0.2, 0) is 16.2 Å².